The topological polar surface area (TPSA) is 12.5 Å². The van der Waals surface area contributed by atoms with Crippen LogP contribution in [0.1, 0.15) is 19.8 Å². The van der Waals surface area contributed by atoms with Crippen LogP contribution in [0.25, 0.3) is 0 Å². The van der Waals surface area contributed by atoms with Crippen molar-refractivity contribution in [3.63, 3.8) is 0 Å². The Morgan fingerprint density at radius 3 is 2.92 bits per heavy atom. The summed E-state index contributed by atoms with van der Waals surface area (Å²) in [6.45, 7) is 4.35. The monoisotopic (exact) mass is 167 g/mol. The zero-order valence-corrected chi connectivity index (χ0v) is 7.92. The lowest BCUT2D eigenvalue weighted by molar-refractivity contribution is 0.292. The first kappa shape index (κ1) is 9.17. The second-order valence-electron chi connectivity index (χ2n) is 2.97. The van der Waals surface area contributed by atoms with Gasteiger partial charge in [0, 0.05) is 19.3 Å². The van der Waals surface area contributed by atoms with E-state index in [4.69, 9.17) is 4.74 Å². The van der Waals surface area contributed by atoms with Gasteiger partial charge in [0.05, 0.1) is 7.11 Å². The van der Waals surface area contributed by atoms with E-state index in [1.807, 2.05) is 6.08 Å². The molecule has 0 bridgehead atoms. The number of unbranched alkanes of at least 4 members (excludes halogenated alkanes) is 1. The number of ether oxygens (including phenoxy) is 1. The number of rotatable bonds is 4. The van der Waals surface area contributed by atoms with Gasteiger partial charge in [0.15, 0.2) is 0 Å². The van der Waals surface area contributed by atoms with Crippen LogP contribution in [0.3, 0.4) is 0 Å². The predicted octanol–water partition coefficient (Wildman–Crippen LogP) is 2.15. The summed E-state index contributed by atoms with van der Waals surface area (Å²) in [5, 5.41) is 0. The summed E-state index contributed by atoms with van der Waals surface area (Å²) in [5.41, 5.74) is 0. The second-order valence-corrected chi connectivity index (χ2v) is 2.97. The minimum atomic E-state index is 0.975. The van der Waals surface area contributed by atoms with Crippen LogP contribution < -0.4 is 0 Å². The number of allylic oxidation sites excluding steroid dienone is 1. The molecule has 68 valence electrons. The lowest BCUT2D eigenvalue weighted by atomic mass is 10.2. The predicted molar refractivity (Wildman–Crippen MR) is 50.7 cm³/mol. The first-order chi connectivity index (χ1) is 5.86. The summed E-state index contributed by atoms with van der Waals surface area (Å²) >= 11 is 0. The number of hydrogen-bond donors (Lipinski definition) is 0. The molecule has 0 saturated heterocycles. The van der Waals surface area contributed by atoms with Gasteiger partial charge in [0.2, 0.25) is 0 Å². The molecule has 0 radical (unpaired) electrons. The average molecular weight is 167 g/mol. The second kappa shape index (κ2) is 4.86. The molecule has 12 heavy (non-hydrogen) atoms. The smallest absolute Gasteiger partial charge is 0.118 e. The van der Waals surface area contributed by atoms with E-state index in [1.165, 1.54) is 12.8 Å². The van der Waals surface area contributed by atoms with Crippen molar-refractivity contribution in [2.45, 2.75) is 19.8 Å². The van der Waals surface area contributed by atoms with E-state index in [0.717, 1.165) is 18.8 Å². The van der Waals surface area contributed by atoms with Gasteiger partial charge in [-0.05, 0) is 18.6 Å². The van der Waals surface area contributed by atoms with Gasteiger partial charge < -0.3 is 9.64 Å². The molecule has 0 aromatic heterocycles. The molecule has 1 aliphatic heterocycles. The van der Waals surface area contributed by atoms with Crippen LogP contribution in [0.4, 0.5) is 0 Å². The molecule has 0 atom stereocenters. The first-order valence-electron chi connectivity index (χ1n) is 4.53. The SMILES string of the molecule is CCCCN1C=CC(OC)=CC1. The number of nitrogens with zero attached hydrogens (tertiary/aromatic N) is 1. The summed E-state index contributed by atoms with van der Waals surface area (Å²) in [5.74, 6) is 0.975. The van der Waals surface area contributed by atoms with Crippen molar-refractivity contribution in [3.05, 3.63) is 24.1 Å². The van der Waals surface area contributed by atoms with E-state index >= 15 is 0 Å². The fourth-order valence-electron chi connectivity index (χ4n) is 1.19. The van der Waals surface area contributed by atoms with E-state index in [-0.39, 0.29) is 0 Å². The molecule has 0 aromatic carbocycles. The summed E-state index contributed by atoms with van der Waals surface area (Å²) < 4.78 is 5.09. The maximum atomic E-state index is 5.09. The molecule has 2 heteroatoms. The van der Waals surface area contributed by atoms with Crippen molar-refractivity contribution in [1.29, 1.82) is 0 Å². The van der Waals surface area contributed by atoms with Crippen molar-refractivity contribution in [3.8, 4) is 0 Å². The molecule has 1 rings (SSSR count). The molecule has 0 fully saturated rings. The van der Waals surface area contributed by atoms with Gasteiger partial charge >= 0.3 is 0 Å². The highest BCUT2D eigenvalue weighted by Crippen LogP contribution is 2.07. The Morgan fingerprint density at radius 1 is 1.58 bits per heavy atom. The van der Waals surface area contributed by atoms with E-state index in [9.17, 15) is 0 Å². The Morgan fingerprint density at radius 2 is 2.42 bits per heavy atom. The number of methoxy groups -OCH3 is 1. The van der Waals surface area contributed by atoms with Crippen molar-refractivity contribution in [2.75, 3.05) is 20.2 Å². The van der Waals surface area contributed by atoms with Crippen LogP contribution in [-0.4, -0.2) is 25.1 Å². The van der Waals surface area contributed by atoms with Gasteiger partial charge in [-0.25, -0.2) is 0 Å². The third kappa shape index (κ3) is 2.61. The third-order valence-corrected chi connectivity index (χ3v) is 2.01. The highest BCUT2D eigenvalue weighted by molar-refractivity contribution is 5.16. The van der Waals surface area contributed by atoms with Crippen LogP contribution in [0.5, 0.6) is 0 Å². The van der Waals surface area contributed by atoms with E-state index in [1.54, 1.807) is 7.11 Å². The summed E-state index contributed by atoms with van der Waals surface area (Å²) in [6.07, 6.45) is 8.75. The van der Waals surface area contributed by atoms with Crippen LogP contribution in [0.2, 0.25) is 0 Å². The van der Waals surface area contributed by atoms with Gasteiger partial charge in [-0.2, -0.15) is 0 Å². The fourth-order valence-corrected chi connectivity index (χ4v) is 1.19. The lowest BCUT2D eigenvalue weighted by Gasteiger charge is -2.21. The van der Waals surface area contributed by atoms with Crippen LogP contribution in [-0.2, 0) is 4.74 Å². The van der Waals surface area contributed by atoms with Crippen molar-refractivity contribution < 1.29 is 4.74 Å². The van der Waals surface area contributed by atoms with Crippen molar-refractivity contribution in [1.82, 2.24) is 4.90 Å². The molecule has 0 amide bonds. The Labute approximate surface area is 74.5 Å². The summed E-state index contributed by atoms with van der Waals surface area (Å²) in [7, 11) is 1.71. The lowest BCUT2D eigenvalue weighted by Crippen LogP contribution is -2.21. The molecule has 2 nitrogen and oxygen atoms in total. The Balaban J connectivity index is 2.28. The maximum absolute atomic E-state index is 5.09. The standard InChI is InChI=1S/C10H17NO/c1-3-4-7-11-8-5-10(12-2)6-9-11/h5-6,8H,3-4,7,9H2,1-2H3. The minimum Gasteiger partial charge on any atom is -0.497 e. The molecule has 0 N–H and O–H groups in total. The van der Waals surface area contributed by atoms with E-state index in [0.29, 0.717) is 0 Å². The Kier molecular flexibility index (Phi) is 3.71. The molecule has 0 spiro atoms. The molecular formula is C10H17NO. The third-order valence-electron chi connectivity index (χ3n) is 2.01. The number of hydrogen-bond acceptors (Lipinski definition) is 2. The molecule has 0 unspecified atom stereocenters. The molecule has 0 saturated carbocycles. The zero-order chi connectivity index (χ0) is 8.81. The van der Waals surface area contributed by atoms with Crippen molar-refractivity contribution >= 4 is 0 Å². The van der Waals surface area contributed by atoms with Crippen LogP contribution in [0.15, 0.2) is 24.1 Å². The van der Waals surface area contributed by atoms with Gasteiger partial charge in [-0.3, -0.25) is 0 Å². The quantitative estimate of drug-likeness (QED) is 0.636. The van der Waals surface area contributed by atoms with Gasteiger partial charge in [-0.15, -0.1) is 0 Å². The van der Waals surface area contributed by atoms with Crippen molar-refractivity contribution in [2.24, 2.45) is 0 Å². The fraction of sp³-hybridized carbons (Fsp3) is 0.600. The Bertz CT molecular complexity index is 184. The molecular weight excluding hydrogens is 150 g/mol. The highest BCUT2D eigenvalue weighted by Gasteiger charge is 2.02. The molecule has 0 aromatic rings. The van der Waals surface area contributed by atoms with Gasteiger partial charge in [0.25, 0.3) is 0 Å². The molecule has 1 aliphatic rings. The largest absolute Gasteiger partial charge is 0.497 e. The molecule has 0 aliphatic carbocycles. The van der Waals surface area contributed by atoms with Gasteiger partial charge in [0.1, 0.15) is 5.76 Å². The van der Waals surface area contributed by atoms with Crippen LogP contribution >= 0.6 is 0 Å². The normalized spacial score (nSPS) is 16.2. The first-order valence-corrected chi connectivity index (χ1v) is 4.53. The Hall–Kier alpha value is -0.920. The highest BCUT2D eigenvalue weighted by atomic mass is 16.5. The average Bonchev–Trinajstić information content (AvgIpc) is 2.15. The van der Waals surface area contributed by atoms with Crippen LogP contribution in [0, 0.1) is 0 Å². The summed E-state index contributed by atoms with van der Waals surface area (Å²) in [6, 6.07) is 0. The molecule has 1 heterocycles. The minimum absolute atomic E-state index is 0.975. The zero-order valence-electron chi connectivity index (χ0n) is 7.92. The van der Waals surface area contributed by atoms with Gasteiger partial charge in [-0.1, -0.05) is 13.3 Å². The summed E-state index contributed by atoms with van der Waals surface area (Å²) in [4.78, 5) is 2.30. The van der Waals surface area contributed by atoms with E-state index < -0.39 is 0 Å². The maximum Gasteiger partial charge on any atom is 0.118 e. The van der Waals surface area contributed by atoms with E-state index in [2.05, 4.69) is 24.1 Å².